The monoisotopic (exact) mass is 504 g/mol. The predicted molar refractivity (Wildman–Crippen MR) is 123 cm³/mol. The van der Waals surface area contributed by atoms with Crippen molar-refractivity contribution >= 4 is 29.7 Å². The van der Waals surface area contributed by atoms with Gasteiger partial charge < -0.3 is 42.0 Å². The van der Waals surface area contributed by atoms with Crippen molar-refractivity contribution in [1.29, 1.82) is 0 Å². The highest BCUT2D eigenvalue weighted by Crippen LogP contribution is 2.12. The molecule has 0 fully saturated rings. The summed E-state index contributed by atoms with van der Waals surface area (Å²) in [6.45, 7) is 1.35. The number of aromatic nitrogens is 2. The van der Waals surface area contributed by atoms with Gasteiger partial charge in [0.05, 0.1) is 18.8 Å². The third-order valence-corrected chi connectivity index (χ3v) is 5.03. The third-order valence-electron chi connectivity index (χ3n) is 5.03. The van der Waals surface area contributed by atoms with Gasteiger partial charge in [-0.15, -0.1) is 0 Å². The lowest BCUT2D eigenvalue weighted by atomic mass is 10.0. The minimum absolute atomic E-state index is 0.0329. The second-order valence-corrected chi connectivity index (χ2v) is 8.06. The molecule has 0 saturated carbocycles. The SMILES string of the molecule is CC(N)C(=O)NC(CC(=O)O)C(=O)NC(Cc1ccc(O)cc1)C(=O)NC(Cc1cnc[nH]1)C(=O)O. The number of hydrogen-bond acceptors (Lipinski definition) is 8. The summed E-state index contributed by atoms with van der Waals surface area (Å²) in [5.41, 5.74) is 6.43. The second kappa shape index (κ2) is 12.9. The highest BCUT2D eigenvalue weighted by molar-refractivity contribution is 5.95. The number of hydrogen-bond donors (Lipinski definition) is 8. The maximum atomic E-state index is 13.1. The minimum atomic E-state index is -1.55. The van der Waals surface area contributed by atoms with E-state index in [1.54, 1.807) is 0 Å². The lowest BCUT2D eigenvalue weighted by Crippen LogP contribution is -2.58. The van der Waals surface area contributed by atoms with Crippen LogP contribution in [-0.2, 0) is 36.8 Å². The average molecular weight is 505 g/mol. The Morgan fingerprint density at radius 1 is 0.917 bits per heavy atom. The Morgan fingerprint density at radius 3 is 2.03 bits per heavy atom. The minimum Gasteiger partial charge on any atom is -0.508 e. The molecule has 0 aliphatic carbocycles. The lowest BCUT2D eigenvalue weighted by molar-refractivity contribution is -0.143. The molecule has 1 aromatic heterocycles. The number of nitrogens with two attached hydrogens (primary N) is 1. The zero-order valence-electron chi connectivity index (χ0n) is 19.3. The fraction of sp³-hybridized carbons (Fsp3) is 0.364. The molecule has 14 nitrogen and oxygen atoms in total. The predicted octanol–water partition coefficient (Wildman–Crippen LogP) is -1.74. The molecule has 14 heteroatoms. The van der Waals surface area contributed by atoms with Gasteiger partial charge >= 0.3 is 11.9 Å². The van der Waals surface area contributed by atoms with Crippen LogP contribution >= 0.6 is 0 Å². The van der Waals surface area contributed by atoms with Gasteiger partial charge in [0, 0.05) is 24.7 Å². The molecule has 1 aromatic carbocycles. The number of nitrogens with one attached hydrogen (secondary N) is 4. The Balaban J connectivity index is 2.26. The summed E-state index contributed by atoms with van der Waals surface area (Å²) in [7, 11) is 0. The molecule has 4 atom stereocenters. The Bertz CT molecular complexity index is 1070. The van der Waals surface area contributed by atoms with Gasteiger partial charge in [-0.3, -0.25) is 19.2 Å². The Hall–Kier alpha value is -4.46. The molecule has 194 valence electrons. The number of amides is 3. The topological polar surface area (TPSA) is 237 Å². The van der Waals surface area contributed by atoms with Crippen LogP contribution in [0.4, 0.5) is 0 Å². The van der Waals surface area contributed by atoms with Crippen molar-refractivity contribution in [3.05, 3.63) is 48.0 Å². The number of carbonyl (C=O) groups excluding carboxylic acids is 3. The standard InChI is InChI=1S/C22H28N6O8/c1-11(23)19(32)26-16(8-18(30)31)21(34)27-15(6-12-2-4-14(29)5-3-12)20(33)28-17(22(35)36)7-13-9-24-10-25-13/h2-5,9-11,15-17,29H,6-8,23H2,1H3,(H,24,25)(H,26,32)(H,27,34)(H,28,33)(H,30,31)(H,35,36). The number of aliphatic carboxylic acids is 2. The van der Waals surface area contributed by atoms with Crippen LogP contribution in [0.1, 0.15) is 24.6 Å². The molecule has 0 radical (unpaired) electrons. The third kappa shape index (κ3) is 8.72. The van der Waals surface area contributed by atoms with Gasteiger partial charge in [0.25, 0.3) is 0 Å². The van der Waals surface area contributed by atoms with Gasteiger partial charge in [0.2, 0.25) is 17.7 Å². The smallest absolute Gasteiger partial charge is 0.326 e. The number of imidazole rings is 1. The molecule has 4 unspecified atom stereocenters. The number of carboxylic acid groups (broad SMARTS) is 2. The Morgan fingerprint density at radius 2 is 1.50 bits per heavy atom. The summed E-state index contributed by atoms with van der Waals surface area (Å²) in [6.07, 6.45) is 1.72. The van der Waals surface area contributed by atoms with E-state index in [1.807, 2.05) is 0 Å². The number of benzene rings is 1. The molecule has 3 amide bonds. The van der Waals surface area contributed by atoms with Crippen molar-refractivity contribution in [2.45, 2.75) is 50.4 Å². The van der Waals surface area contributed by atoms with Gasteiger partial charge in [0.1, 0.15) is 23.9 Å². The van der Waals surface area contributed by atoms with Crippen molar-refractivity contribution in [2.75, 3.05) is 0 Å². The lowest BCUT2D eigenvalue weighted by Gasteiger charge is -2.24. The number of aromatic amines is 1. The number of phenols is 1. The fourth-order valence-electron chi connectivity index (χ4n) is 3.13. The molecular formula is C22H28N6O8. The summed E-state index contributed by atoms with van der Waals surface area (Å²) in [5.74, 6) is -5.37. The largest absolute Gasteiger partial charge is 0.508 e. The summed E-state index contributed by atoms with van der Waals surface area (Å²) >= 11 is 0. The molecule has 0 saturated heterocycles. The molecular weight excluding hydrogens is 476 g/mol. The van der Waals surface area contributed by atoms with Crippen LogP contribution in [0, 0.1) is 0 Å². The first kappa shape index (κ1) is 27.8. The number of H-pyrrole nitrogens is 1. The molecule has 2 rings (SSSR count). The number of rotatable bonds is 13. The van der Waals surface area contributed by atoms with Crippen molar-refractivity contribution in [2.24, 2.45) is 5.73 Å². The van der Waals surface area contributed by atoms with Crippen LogP contribution in [-0.4, -0.2) is 79.1 Å². The first-order chi connectivity index (χ1) is 17.0. The van der Waals surface area contributed by atoms with Crippen LogP contribution in [0.15, 0.2) is 36.8 Å². The highest BCUT2D eigenvalue weighted by atomic mass is 16.4. The van der Waals surface area contributed by atoms with Crippen LogP contribution in [0.3, 0.4) is 0 Å². The van der Waals surface area contributed by atoms with Crippen LogP contribution < -0.4 is 21.7 Å². The maximum Gasteiger partial charge on any atom is 0.326 e. The number of nitrogens with zero attached hydrogens (tertiary/aromatic N) is 1. The zero-order chi connectivity index (χ0) is 26.8. The van der Waals surface area contributed by atoms with E-state index in [9.17, 15) is 34.2 Å². The molecule has 0 spiro atoms. The molecule has 2 aromatic rings. The zero-order valence-corrected chi connectivity index (χ0v) is 19.3. The fourth-order valence-corrected chi connectivity index (χ4v) is 3.13. The Labute approximate surface area is 205 Å². The van der Waals surface area contributed by atoms with Crippen molar-refractivity contribution < 1.29 is 39.3 Å². The van der Waals surface area contributed by atoms with Gasteiger partial charge in [-0.05, 0) is 24.6 Å². The van der Waals surface area contributed by atoms with E-state index < -0.39 is 60.2 Å². The summed E-state index contributed by atoms with van der Waals surface area (Å²) in [4.78, 5) is 67.4. The number of phenolic OH excluding ortho intramolecular Hbond substituents is 1. The van der Waals surface area contributed by atoms with Crippen molar-refractivity contribution in [1.82, 2.24) is 25.9 Å². The van der Waals surface area contributed by atoms with Crippen LogP contribution in [0.25, 0.3) is 0 Å². The van der Waals surface area contributed by atoms with E-state index in [1.165, 1.54) is 43.7 Å². The molecule has 9 N–H and O–H groups in total. The normalized spacial score (nSPS) is 14.1. The van der Waals surface area contributed by atoms with E-state index >= 15 is 0 Å². The van der Waals surface area contributed by atoms with Crippen molar-refractivity contribution in [3.8, 4) is 5.75 Å². The van der Waals surface area contributed by atoms with E-state index in [0.29, 0.717) is 11.3 Å². The molecule has 0 bridgehead atoms. The van der Waals surface area contributed by atoms with Gasteiger partial charge in [-0.2, -0.15) is 0 Å². The van der Waals surface area contributed by atoms with Crippen LogP contribution in [0.2, 0.25) is 0 Å². The summed E-state index contributed by atoms with van der Waals surface area (Å²) < 4.78 is 0. The second-order valence-electron chi connectivity index (χ2n) is 8.06. The number of aromatic hydroxyl groups is 1. The van der Waals surface area contributed by atoms with Crippen molar-refractivity contribution in [3.63, 3.8) is 0 Å². The van der Waals surface area contributed by atoms with E-state index in [4.69, 9.17) is 10.8 Å². The number of carboxylic acids is 2. The van der Waals surface area contributed by atoms with E-state index in [2.05, 4.69) is 25.9 Å². The summed E-state index contributed by atoms with van der Waals surface area (Å²) in [6, 6.07) is 0.418. The molecule has 1 heterocycles. The first-order valence-corrected chi connectivity index (χ1v) is 10.8. The highest BCUT2D eigenvalue weighted by Gasteiger charge is 2.31. The van der Waals surface area contributed by atoms with Gasteiger partial charge in [0.15, 0.2) is 0 Å². The number of carbonyl (C=O) groups is 5. The molecule has 0 aliphatic heterocycles. The Kier molecular flexibility index (Phi) is 9.92. The van der Waals surface area contributed by atoms with Gasteiger partial charge in [-0.25, -0.2) is 9.78 Å². The van der Waals surface area contributed by atoms with E-state index in [-0.39, 0.29) is 18.6 Å². The first-order valence-electron chi connectivity index (χ1n) is 10.8. The molecule has 0 aliphatic rings. The summed E-state index contributed by atoms with van der Waals surface area (Å²) in [5, 5.41) is 35.2. The molecule has 36 heavy (non-hydrogen) atoms. The van der Waals surface area contributed by atoms with Gasteiger partial charge in [-0.1, -0.05) is 12.1 Å². The maximum absolute atomic E-state index is 13.1. The van der Waals surface area contributed by atoms with E-state index in [0.717, 1.165) is 0 Å². The quantitative estimate of drug-likeness (QED) is 0.153. The average Bonchev–Trinajstić information content (AvgIpc) is 3.31. The van der Waals surface area contributed by atoms with Crippen LogP contribution in [0.5, 0.6) is 5.75 Å².